The molecule has 1 aliphatic heterocycles. The first kappa shape index (κ1) is 26.1. The number of aromatic nitrogens is 1. The number of anilines is 1. The predicted octanol–water partition coefficient (Wildman–Crippen LogP) is 6.74. The summed E-state index contributed by atoms with van der Waals surface area (Å²) in [7, 11) is 1.44. The second-order valence-corrected chi connectivity index (χ2v) is 10.7. The highest BCUT2D eigenvalue weighted by molar-refractivity contribution is 5.91. The van der Waals surface area contributed by atoms with Crippen molar-refractivity contribution < 1.29 is 18.7 Å². The number of likely N-dealkylation sites (tertiary alicyclic amines) is 1. The van der Waals surface area contributed by atoms with Gasteiger partial charge in [-0.05, 0) is 93.9 Å². The van der Waals surface area contributed by atoms with E-state index < -0.39 is 11.4 Å². The van der Waals surface area contributed by atoms with Crippen LogP contribution in [-0.4, -0.2) is 47.4 Å². The summed E-state index contributed by atoms with van der Waals surface area (Å²) in [6.45, 7) is 6.80. The van der Waals surface area contributed by atoms with Gasteiger partial charge in [0.2, 0.25) is 0 Å². The number of carbonyl (C=O) groups is 1. The molecule has 1 atom stereocenters. The molecule has 200 valence electrons. The van der Waals surface area contributed by atoms with Crippen molar-refractivity contribution in [2.24, 2.45) is 0 Å². The van der Waals surface area contributed by atoms with Gasteiger partial charge in [0.1, 0.15) is 5.60 Å². The topological polar surface area (TPSA) is 79.5 Å². The predicted molar refractivity (Wildman–Crippen MR) is 150 cm³/mol. The summed E-state index contributed by atoms with van der Waals surface area (Å²) in [6.07, 6.45) is 0.526. The van der Waals surface area contributed by atoms with Crippen LogP contribution in [0.4, 0.5) is 14.9 Å². The Morgan fingerprint density at radius 2 is 1.85 bits per heavy atom. The molecule has 7 nitrogen and oxygen atoms in total. The van der Waals surface area contributed by atoms with E-state index in [2.05, 4.69) is 22.0 Å². The van der Waals surface area contributed by atoms with E-state index >= 15 is 0 Å². The largest absolute Gasteiger partial charge is 0.494 e. The highest BCUT2D eigenvalue weighted by Crippen LogP contribution is 2.35. The molecule has 4 aromatic rings. The van der Waals surface area contributed by atoms with Crippen LogP contribution in [0.5, 0.6) is 5.75 Å². The number of ether oxygens (including phenoxy) is 2. The average Bonchev–Trinajstić information content (AvgIpc) is 3.52. The number of hydrogen-bond acceptors (Lipinski definition) is 5. The quantitative estimate of drug-likeness (QED) is 0.312. The number of benzene rings is 3. The van der Waals surface area contributed by atoms with Crippen LogP contribution < -0.4 is 10.1 Å². The van der Waals surface area contributed by atoms with Crippen molar-refractivity contribution >= 4 is 22.7 Å². The molecular formula is C31H31FN4O3. The van der Waals surface area contributed by atoms with Crippen LogP contribution in [0, 0.1) is 17.1 Å². The van der Waals surface area contributed by atoms with Crippen molar-refractivity contribution in [1.29, 1.82) is 5.26 Å². The van der Waals surface area contributed by atoms with Crippen molar-refractivity contribution in [3.05, 3.63) is 78.1 Å². The molecule has 1 amide bonds. The van der Waals surface area contributed by atoms with E-state index in [4.69, 9.17) is 9.47 Å². The molecule has 1 fully saturated rings. The Morgan fingerprint density at radius 1 is 1.08 bits per heavy atom. The maximum atomic E-state index is 14.7. The van der Waals surface area contributed by atoms with Gasteiger partial charge in [0, 0.05) is 41.5 Å². The number of rotatable bonds is 5. The standard InChI is InChI=1S/C31H31FN4O3/c1-31(2,3)39-30(37)35-14-13-24(19-35)34-23-8-11-27-22(15-23)17-28(21-7-12-29(38-4)26(32)16-21)36(27)25-9-5-20(18-33)6-10-25/h5-12,15-17,24,34H,13-14,19H2,1-4H3/t24-/m0/s1. The number of nitrogens with one attached hydrogen (secondary N) is 1. The molecule has 0 bridgehead atoms. The first-order chi connectivity index (χ1) is 18.6. The van der Waals surface area contributed by atoms with Crippen LogP contribution in [0.25, 0.3) is 27.8 Å². The zero-order valence-electron chi connectivity index (χ0n) is 22.5. The lowest BCUT2D eigenvalue weighted by Crippen LogP contribution is -2.36. The van der Waals surface area contributed by atoms with E-state index in [0.29, 0.717) is 24.2 Å². The number of fused-ring (bicyclic) bond motifs is 1. The van der Waals surface area contributed by atoms with Gasteiger partial charge in [-0.1, -0.05) is 0 Å². The van der Waals surface area contributed by atoms with E-state index in [-0.39, 0.29) is 17.9 Å². The lowest BCUT2D eigenvalue weighted by molar-refractivity contribution is 0.0293. The van der Waals surface area contributed by atoms with Gasteiger partial charge in [-0.2, -0.15) is 5.26 Å². The van der Waals surface area contributed by atoms with Crippen LogP contribution in [0.1, 0.15) is 32.8 Å². The molecule has 1 N–H and O–H groups in total. The molecule has 5 rings (SSSR count). The number of hydrogen-bond donors (Lipinski definition) is 1. The Bertz CT molecular complexity index is 1560. The molecule has 0 unspecified atom stereocenters. The zero-order valence-corrected chi connectivity index (χ0v) is 22.5. The van der Waals surface area contributed by atoms with Gasteiger partial charge >= 0.3 is 6.09 Å². The van der Waals surface area contributed by atoms with Crippen molar-refractivity contribution in [2.45, 2.75) is 38.8 Å². The van der Waals surface area contributed by atoms with Gasteiger partial charge in [0.05, 0.1) is 30.0 Å². The zero-order chi connectivity index (χ0) is 27.7. The van der Waals surface area contributed by atoms with Gasteiger partial charge < -0.3 is 24.3 Å². The Hall–Kier alpha value is -4.51. The SMILES string of the molecule is COc1ccc(-c2cc3cc(N[C@H]4CCN(C(=O)OC(C)(C)C)C4)ccc3n2-c2ccc(C#N)cc2)cc1F. The summed E-state index contributed by atoms with van der Waals surface area (Å²) in [6, 6.07) is 22.6. The third kappa shape index (κ3) is 5.53. The van der Waals surface area contributed by atoms with Crippen LogP contribution in [0.2, 0.25) is 0 Å². The van der Waals surface area contributed by atoms with E-state index in [0.717, 1.165) is 34.4 Å². The van der Waals surface area contributed by atoms with E-state index in [9.17, 15) is 14.4 Å². The van der Waals surface area contributed by atoms with E-state index in [1.807, 2.05) is 57.2 Å². The van der Waals surface area contributed by atoms with Crippen molar-refractivity contribution in [1.82, 2.24) is 9.47 Å². The number of methoxy groups -OCH3 is 1. The molecule has 0 saturated carbocycles. The third-order valence-electron chi connectivity index (χ3n) is 6.71. The fourth-order valence-corrected chi connectivity index (χ4v) is 4.91. The van der Waals surface area contributed by atoms with Crippen LogP contribution in [-0.2, 0) is 4.74 Å². The van der Waals surface area contributed by atoms with Crippen molar-refractivity contribution in [3.63, 3.8) is 0 Å². The van der Waals surface area contributed by atoms with Crippen molar-refractivity contribution in [3.8, 4) is 28.8 Å². The molecule has 2 heterocycles. The second kappa shape index (κ2) is 10.3. The van der Waals surface area contributed by atoms with Crippen LogP contribution >= 0.6 is 0 Å². The van der Waals surface area contributed by atoms with Gasteiger partial charge in [-0.25, -0.2) is 9.18 Å². The monoisotopic (exact) mass is 526 g/mol. The summed E-state index contributed by atoms with van der Waals surface area (Å²) < 4.78 is 27.4. The number of amides is 1. The van der Waals surface area contributed by atoms with Crippen LogP contribution in [0.3, 0.4) is 0 Å². The molecule has 1 saturated heterocycles. The van der Waals surface area contributed by atoms with Gasteiger partial charge in [0.25, 0.3) is 0 Å². The molecular weight excluding hydrogens is 495 g/mol. The maximum Gasteiger partial charge on any atom is 0.410 e. The highest BCUT2D eigenvalue weighted by Gasteiger charge is 2.29. The highest BCUT2D eigenvalue weighted by atomic mass is 19.1. The molecule has 1 aliphatic rings. The number of halogens is 1. The number of carbonyl (C=O) groups excluding carboxylic acids is 1. The third-order valence-corrected chi connectivity index (χ3v) is 6.71. The van der Waals surface area contributed by atoms with Crippen LogP contribution in [0.15, 0.2) is 66.7 Å². The van der Waals surface area contributed by atoms with Gasteiger partial charge in [0.15, 0.2) is 11.6 Å². The first-order valence-corrected chi connectivity index (χ1v) is 12.9. The fraction of sp³-hybridized carbons (Fsp3) is 0.290. The van der Waals surface area contributed by atoms with Crippen molar-refractivity contribution in [2.75, 3.05) is 25.5 Å². The smallest absolute Gasteiger partial charge is 0.410 e. The summed E-state index contributed by atoms with van der Waals surface area (Å²) >= 11 is 0. The summed E-state index contributed by atoms with van der Waals surface area (Å²) in [5.41, 5.74) is 4.29. The summed E-state index contributed by atoms with van der Waals surface area (Å²) in [5, 5.41) is 13.8. The van der Waals surface area contributed by atoms with E-state index in [1.54, 1.807) is 23.1 Å². The minimum absolute atomic E-state index is 0.103. The van der Waals surface area contributed by atoms with E-state index in [1.165, 1.54) is 13.2 Å². The molecule has 39 heavy (non-hydrogen) atoms. The van der Waals surface area contributed by atoms with Gasteiger partial charge in [-0.15, -0.1) is 0 Å². The Labute approximate surface area is 227 Å². The Kier molecular flexibility index (Phi) is 6.92. The molecule has 0 aliphatic carbocycles. The molecule has 3 aromatic carbocycles. The maximum absolute atomic E-state index is 14.7. The minimum Gasteiger partial charge on any atom is -0.494 e. The minimum atomic E-state index is -0.528. The normalized spacial score (nSPS) is 15.3. The lowest BCUT2D eigenvalue weighted by Gasteiger charge is -2.24. The Balaban J connectivity index is 1.47. The number of nitrogens with zero attached hydrogens (tertiary/aromatic N) is 3. The second-order valence-electron chi connectivity index (χ2n) is 10.7. The molecule has 0 spiro atoms. The Morgan fingerprint density at radius 3 is 2.51 bits per heavy atom. The first-order valence-electron chi connectivity index (χ1n) is 12.9. The number of nitriles is 1. The summed E-state index contributed by atoms with van der Waals surface area (Å²) in [4.78, 5) is 14.2. The molecule has 8 heteroatoms. The average molecular weight is 527 g/mol. The lowest BCUT2D eigenvalue weighted by atomic mass is 10.1. The van der Waals surface area contributed by atoms with Gasteiger partial charge in [-0.3, -0.25) is 0 Å². The summed E-state index contributed by atoms with van der Waals surface area (Å²) in [5.74, 6) is -0.256. The molecule has 1 aromatic heterocycles. The fourth-order valence-electron chi connectivity index (χ4n) is 4.91. The molecule has 0 radical (unpaired) electrons.